The lowest BCUT2D eigenvalue weighted by molar-refractivity contribution is -0.499. The van der Waals surface area contributed by atoms with Gasteiger partial charge in [-0.05, 0) is 50.1 Å². The van der Waals surface area contributed by atoms with Gasteiger partial charge < -0.3 is 21.3 Å². The molecule has 0 aliphatic heterocycles. The molecule has 7 heteroatoms. The monoisotopic (exact) mass is 371 g/mol. The van der Waals surface area contributed by atoms with E-state index in [1.54, 1.807) is 6.21 Å². The van der Waals surface area contributed by atoms with E-state index >= 15 is 0 Å². The second kappa shape index (κ2) is 9.74. The van der Waals surface area contributed by atoms with Gasteiger partial charge in [0.2, 0.25) is 5.11 Å². The van der Waals surface area contributed by atoms with Gasteiger partial charge in [0.05, 0.1) is 11.4 Å². The van der Waals surface area contributed by atoms with E-state index in [2.05, 4.69) is 58.7 Å². The molecule has 0 heterocycles. The lowest BCUT2D eigenvalue weighted by Gasteiger charge is -2.28. The van der Waals surface area contributed by atoms with Crippen LogP contribution in [-0.4, -0.2) is 43.4 Å². The predicted molar refractivity (Wildman–Crippen MR) is 113 cm³/mol. The summed E-state index contributed by atoms with van der Waals surface area (Å²) in [6, 6.07) is 16.4. The number of hydrazine groups is 1. The number of hydrogen-bond acceptors (Lipinski definition) is 4. The Bertz CT molecular complexity index is 745. The fourth-order valence-corrected chi connectivity index (χ4v) is 2.61. The molecule has 26 heavy (non-hydrogen) atoms. The molecule has 0 saturated heterocycles. The third kappa shape index (κ3) is 6.34. The zero-order chi connectivity index (χ0) is 18.9. The summed E-state index contributed by atoms with van der Waals surface area (Å²) >= 11 is 4.75. The molecule has 6 N–H and O–H groups in total. The van der Waals surface area contributed by atoms with Crippen LogP contribution in [0.4, 0.5) is 11.4 Å². The fourth-order valence-electron chi connectivity index (χ4n) is 2.55. The summed E-state index contributed by atoms with van der Waals surface area (Å²) in [5.74, 6) is 0. The van der Waals surface area contributed by atoms with Crippen LogP contribution in [0.15, 0.2) is 48.5 Å². The topological polar surface area (TPSA) is 84.5 Å². The van der Waals surface area contributed by atoms with Crippen LogP contribution in [0.2, 0.25) is 0 Å². The van der Waals surface area contributed by atoms with Crippen molar-refractivity contribution >= 4 is 34.9 Å². The normalized spacial score (nSPS) is 11.0. The van der Waals surface area contributed by atoms with Crippen molar-refractivity contribution in [1.82, 2.24) is 10.3 Å². The Morgan fingerprint density at radius 2 is 1.88 bits per heavy atom. The van der Waals surface area contributed by atoms with Crippen molar-refractivity contribution in [2.24, 2.45) is 5.73 Å². The summed E-state index contributed by atoms with van der Waals surface area (Å²) in [6.45, 7) is 2.64. The third-order valence-electron chi connectivity index (χ3n) is 3.86. The van der Waals surface area contributed by atoms with E-state index in [4.69, 9.17) is 23.7 Å². The average Bonchev–Trinajstić information content (AvgIpc) is 2.59. The SMILES string of the molecule is CN(C)CCN(Cc1ccccc1)c1ccc(/C=[NH+]/NC(N)=S)cc1N. The van der Waals surface area contributed by atoms with E-state index in [9.17, 15) is 0 Å². The Morgan fingerprint density at radius 3 is 2.50 bits per heavy atom. The highest BCUT2D eigenvalue weighted by atomic mass is 32.1. The molecule has 0 aliphatic rings. The number of nitrogen functional groups attached to an aromatic ring is 1. The zero-order valence-electron chi connectivity index (χ0n) is 15.3. The summed E-state index contributed by atoms with van der Waals surface area (Å²) in [4.78, 5) is 4.47. The molecule has 0 unspecified atom stereocenters. The predicted octanol–water partition coefficient (Wildman–Crippen LogP) is 0.0847. The largest absolute Gasteiger partial charge is 0.397 e. The molecule has 0 saturated carbocycles. The summed E-state index contributed by atoms with van der Waals surface area (Å²) in [6.07, 6.45) is 1.76. The molecule has 0 fully saturated rings. The van der Waals surface area contributed by atoms with E-state index in [-0.39, 0.29) is 5.11 Å². The van der Waals surface area contributed by atoms with Gasteiger partial charge in [-0.1, -0.05) is 30.3 Å². The molecule has 0 aliphatic carbocycles. The maximum Gasteiger partial charge on any atom is 0.221 e. The highest BCUT2D eigenvalue weighted by molar-refractivity contribution is 7.80. The van der Waals surface area contributed by atoms with Gasteiger partial charge >= 0.3 is 0 Å². The van der Waals surface area contributed by atoms with Crippen LogP contribution in [0.3, 0.4) is 0 Å². The Kier molecular flexibility index (Phi) is 7.37. The average molecular weight is 372 g/mol. The molecule has 2 aromatic carbocycles. The van der Waals surface area contributed by atoms with Crippen molar-refractivity contribution in [3.63, 3.8) is 0 Å². The first-order valence-corrected chi connectivity index (χ1v) is 8.84. The summed E-state index contributed by atoms with van der Waals surface area (Å²) in [5, 5.41) is 3.02. The highest BCUT2D eigenvalue weighted by Gasteiger charge is 2.12. The number of nitrogens with one attached hydrogen (secondary N) is 2. The zero-order valence-corrected chi connectivity index (χ0v) is 16.1. The molecule has 6 nitrogen and oxygen atoms in total. The van der Waals surface area contributed by atoms with Crippen LogP contribution >= 0.6 is 12.2 Å². The summed E-state index contributed by atoms with van der Waals surface area (Å²) < 4.78 is 0. The number of thiocarbonyl (C=S) groups is 1. The van der Waals surface area contributed by atoms with Crippen LogP contribution in [0.25, 0.3) is 0 Å². The first-order chi connectivity index (χ1) is 12.5. The van der Waals surface area contributed by atoms with Gasteiger partial charge in [-0.25, -0.2) is 0 Å². The molecule has 0 atom stereocenters. The lowest BCUT2D eigenvalue weighted by Crippen LogP contribution is -2.82. The van der Waals surface area contributed by atoms with E-state index in [0.717, 1.165) is 36.6 Å². The van der Waals surface area contributed by atoms with Gasteiger partial charge in [0, 0.05) is 25.2 Å². The van der Waals surface area contributed by atoms with Crippen molar-refractivity contribution in [1.29, 1.82) is 0 Å². The number of benzene rings is 2. The number of hydrogen-bond donors (Lipinski definition) is 4. The van der Waals surface area contributed by atoms with Crippen LogP contribution < -0.4 is 26.9 Å². The molecule has 0 radical (unpaired) electrons. The van der Waals surface area contributed by atoms with Crippen molar-refractivity contribution < 1.29 is 5.10 Å². The summed E-state index contributed by atoms with van der Waals surface area (Å²) in [7, 11) is 4.14. The second-order valence-corrected chi connectivity index (χ2v) is 6.75. The number of anilines is 2. The van der Waals surface area contributed by atoms with Gasteiger partial charge in [-0.3, -0.25) is 0 Å². The Morgan fingerprint density at radius 1 is 1.15 bits per heavy atom. The summed E-state index contributed by atoms with van der Waals surface area (Å²) in [5.41, 5.74) is 18.3. The molecule has 138 valence electrons. The van der Waals surface area contributed by atoms with E-state index in [1.807, 2.05) is 24.3 Å². The smallest absolute Gasteiger partial charge is 0.221 e. The molecular weight excluding hydrogens is 344 g/mol. The van der Waals surface area contributed by atoms with Gasteiger partial charge in [-0.15, -0.1) is 10.5 Å². The Hall–Kier alpha value is -2.64. The highest BCUT2D eigenvalue weighted by Crippen LogP contribution is 2.25. The number of nitrogens with zero attached hydrogens (tertiary/aromatic N) is 2. The molecule has 2 rings (SSSR count). The first kappa shape index (κ1) is 19.7. The van der Waals surface area contributed by atoms with E-state index in [1.165, 1.54) is 5.56 Å². The minimum absolute atomic E-state index is 0.184. The number of nitrogens with two attached hydrogens (primary N) is 2. The minimum Gasteiger partial charge on any atom is -0.397 e. The van der Waals surface area contributed by atoms with Gasteiger partial charge in [0.15, 0.2) is 6.21 Å². The van der Waals surface area contributed by atoms with E-state index in [0.29, 0.717) is 0 Å². The number of rotatable bonds is 8. The van der Waals surface area contributed by atoms with Crippen LogP contribution in [0, 0.1) is 0 Å². The third-order valence-corrected chi connectivity index (χ3v) is 3.96. The van der Waals surface area contributed by atoms with Crippen molar-refractivity contribution in [2.45, 2.75) is 6.54 Å². The van der Waals surface area contributed by atoms with Crippen LogP contribution in [-0.2, 0) is 6.54 Å². The second-order valence-electron chi connectivity index (χ2n) is 6.31. The molecule has 0 aromatic heterocycles. The fraction of sp³-hybridized carbons (Fsp3) is 0.263. The quantitative estimate of drug-likeness (QED) is 0.228. The van der Waals surface area contributed by atoms with Gasteiger partial charge in [0.25, 0.3) is 0 Å². The Balaban J connectivity index is 2.20. The standard InChI is InChI=1S/C19H26N6S/c1-24(2)10-11-25(14-15-6-4-3-5-7-15)18-9-8-16(12-17(18)20)13-22-23-19(21)26/h3-9,12-13H,10-11,14,20H2,1-2H3,(H3,21,23,26)/p+1/b22-13+. The minimum atomic E-state index is 0.184. The van der Waals surface area contributed by atoms with Crippen molar-refractivity contribution in [2.75, 3.05) is 37.8 Å². The number of hydrazone groups is 1. The molecule has 0 bridgehead atoms. The van der Waals surface area contributed by atoms with E-state index < -0.39 is 0 Å². The van der Waals surface area contributed by atoms with Gasteiger partial charge in [-0.2, -0.15) is 0 Å². The maximum atomic E-state index is 6.34. The first-order valence-electron chi connectivity index (χ1n) is 8.43. The maximum absolute atomic E-state index is 6.34. The van der Waals surface area contributed by atoms with Gasteiger partial charge in [0.1, 0.15) is 0 Å². The molecule has 0 spiro atoms. The van der Waals surface area contributed by atoms with Crippen LogP contribution in [0.1, 0.15) is 11.1 Å². The molecular formula is C19H27N6S+. The lowest BCUT2D eigenvalue weighted by atomic mass is 10.1. The van der Waals surface area contributed by atoms with Crippen molar-refractivity contribution in [3.05, 3.63) is 59.7 Å². The van der Waals surface area contributed by atoms with Crippen LogP contribution in [0.5, 0.6) is 0 Å². The Labute approximate surface area is 160 Å². The number of likely N-dealkylation sites (N-methyl/N-ethyl adjacent to an activating group) is 1. The van der Waals surface area contributed by atoms with Crippen molar-refractivity contribution in [3.8, 4) is 0 Å². The molecule has 0 amide bonds. The molecule has 2 aromatic rings.